The van der Waals surface area contributed by atoms with Crippen LogP contribution in [0.5, 0.6) is 0 Å². The van der Waals surface area contributed by atoms with Crippen molar-refractivity contribution in [3.8, 4) is 0 Å². The van der Waals surface area contributed by atoms with Crippen molar-refractivity contribution in [1.82, 2.24) is 5.32 Å². The molecule has 0 rings (SSSR count). The Morgan fingerprint density at radius 1 is 0.500 bits per heavy atom. The maximum absolute atomic E-state index is 12.6. The molecular weight excluding hydrogens is 610 g/mol. The summed E-state index contributed by atoms with van der Waals surface area (Å²) in [5.41, 5.74) is -0.639. The molecule has 0 fully saturated rings. The van der Waals surface area contributed by atoms with Gasteiger partial charge in [-0.2, -0.15) is 0 Å². The van der Waals surface area contributed by atoms with E-state index in [0.717, 1.165) is 38.5 Å². The second-order valence-electron chi connectivity index (χ2n) is 14.2. The highest BCUT2D eigenvalue weighted by Crippen LogP contribution is 2.14. The third-order valence-electron chi connectivity index (χ3n) is 8.12. The molecule has 0 aliphatic heterocycles. The lowest BCUT2D eigenvalue weighted by Crippen LogP contribution is -2.34. The zero-order chi connectivity index (χ0) is 35.7. The minimum absolute atomic E-state index is 0.0466. The van der Waals surface area contributed by atoms with E-state index in [-0.39, 0.29) is 44.5 Å². The number of nitrogens with one attached hydrogen (secondary N) is 1. The minimum Gasteiger partial charge on any atom is -0.462 e. The molecule has 0 aliphatic rings. The van der Waals surface area contributed by atoms with Gasteiger partial charge in [-0.3, -0.25) is 14.4 Å². The molecule has 0 saturated carbocycles. The van der Waals surface area contributed by atoms with Crippen LogP contribution in [0.25, 0.3) is 0 Å². The predicted molar refractivity (Wildman–Crippen MR) is 193 cm³/mol. The Kier molecular flexibility index (Phi) is 30.4. The van der Waals surface area contributed by atoms with Crippen LogP contribution < -0.4 is 5.32 Å². The van der Waals surface area contributed by atoms with Gasteiger partial charge in [0.05, 0.1) is 6.42 Å². The first-order chi connectivity index (χ1) is 23.1. The topological polar surface area (TPSA) is 117 Å². The first-order valence-electron chi connectivity index (χ1n) is 19.5. The summed E-state index contributed by atoms with van der Waals surface area (Å²) in [5, 5.41) is 2.52. The lowest BCUT2D eigenvalue weighted by molar-refractivity contribution is -0.166. The van der Waals surface area contributed by atoms with Gasteiger partial charge in [-0.25, -0.2) is 4.79 Å². The Hall–Kier alpha value is -2.32. The molecule has 9 nitrogen and oxygen atoms in total. The molecule has 0 bridgehead atoms. The molecule has 0 aromatic carbocycles. The van der Waals surface area contributed by atoms with Gasteiger partial charge < -0.3 is 24.3 Å². The molecule has 0 aromatic rings. The van der Waals surface area contributed by atoms with Crippen LogP contribution in [0.3, 0.4) is 0 Å². The highest BCUT2D eigenvalue weighted by atomic mass is 16.6. The van der Waals surface area contributed by atoms with Gasteiger partial charge in [-0.1, -0.05) is 142 Å². The fourth-order valence-electron chi connectivity index (χ4n) is 5.32. The minimum atomic E-state index is -0.880. The van der Waals surface area contributed by atoms with Crippen LogP contribution >= 0.6 is 0 Å². The number of hydrogen-bond acceptors (Lipinski definition) is 8. The van der Waals surface area contributed by atoms with Crippen molar-refractivity contribution in [3.05, 3.63) is 0 Å². The van der Waals surface area contributed by atoms with Crippen molar-refractivity contribution in [1.29, 1.82) is 0 Å². The SMILES string of the molecule is CCCCCCCCCCCCCC(=O)OC[C@H](COC(=O)CCNC(=O)OC(C)(C)C)OC(=O)CCCCCCCCCCCCC. The van der Waals surface area contributed by atoms with Gasteiger partial charge in [0, 0.05) is 19.4 Å². The summed E-state index contributed by atoms with van der Waals surface area (Å²) in [6.07, 6.45) is 25.3. The van der Waals surface area contributed by atoms with Gasteiger partial charge in [0.1, 0.15) is 18.8 Å². The molecule has 1 atom stereocenters. The van der Waals surface area contributed by atoms with E-state index in [2.05, 4.69) is 19.2 Å². The molecule has 0 saturated heterocycles. The van der Waals surface area contributed by atoms with Crippen LogP contribution in [0.2, 0.25) is 0 Å². The van der Waals surface area contributed by atoms with Crippen LogP contribution in [0.15, 0.2) is 0 Å². The Balaban J connectivity index is 4.43. The van der Waals surface area contributed by atoms with Crippen LogP contribution in [-0.4, -0.2) is 55.5 Å². The second kappa shape index (κ2) is 31.9. The summed E-state index contributed by atoms with van der Waals surface area (Å²) in [4.78, 5) is 49.1. The van der Waals surface area contributed by atoms with E-state index in [1.165, 1.54) is 103 Å². The average molecular weight is 684 g/mol. The molecule has 0 heterocycles. The van der Waals surface area contributed by atoms with Crippen LogP contribution in [0.1, 0.15) is 195 Å². The highest BCUT2D eigenvalue weighted by Gasteiger charge is 2.20. The molecular formula is C39H73NO8. The molecule has 48 heavy (non-hydrogen) atoms. The molecule has 0 spiro atoms. The van der Waals surface area contributed by atoms with Crippen molar-refractivity contribution in [3.63, 3.8) is 0 Å². The molecule has 1 N–H and O–H groups in total. The third-order valence-corrected chi connectivity index (χ3v) is 8.12. The second-order valence-corrected chi connectivity index (χ2v) is 14.2. The van der Waals surface area contributed by atoms with Gasteiger partial charge in [-0.15, -0.1) is 0 Å². The Bertz CT molecular complexity index is 810. The van der Waals surface area contributed by atoms with Gasteiger partial charge in [0.2, 0.25) is 0 Å². The van der Waals surface area contributed by atoms with Gasteiger partial charge in [0.25, 0.3) is 0 Å². The lowest BCUT2D eigenvalue weighted by atomic mass is 10.1. The number of hydrogen-bond donors (Lipinski definition) is 1. The summed E-state index contributed by atoms with van der Waals surface area (Å²) in [5.74, 6) is -1.30. The van der Waals surface area contributed by atoms with Crippen LogP contribution in [0.4, 0.5) is 4.79 Å². The van der Waals surface area contributed by atoms with E-state index < -0.39 is 23.8 Å². The maximum Gasteiger partial charge on any atom is 0.407 e. The number of rotatable bonds is 32. The standard InChI is InChI=1S/C39H73NO8/c1-6-8-10-12-14-16-18-20-22-24-26-28-35(41)45-32-34(33-46-36(42)30-31-40-38(44)48-39(3,4)5)47-37(43)29-27-25-23-21-19-17-15-13-11-9-7-2/h34H,6-33H2,1-5H3,(H,40,44)/t34-/m1/s1. The molecule has 0 aliphatic carbocycles. The Morgan fingerprint density at radius 2 is 0.854 bits per heavy atom. The van der Waals surface area contributed by atoms with Crippen molar-refractivity contribution in [2.45, 2.75) is 207 Å². The molecule has 0 radical (unpaired) electrons. The van der Waals surface area contributed by atoms with Crippen molar-refractivity contribution in [2.75, 3.05) is 19.8 Å². The van der Waals surface area contributed by atoms with E-state index in [9.17, 15) is 19.2 Å². The summed E-state index contributed by atoms with van der Waals surface area (Å²) in [6, 6.07) is 0. The fourth-order valence-corrected chi connectivity index (χ4v) is 5.32. The molecule has 0 unspecified atom stereocenters. The van der Waals surface area contributed by atoms with Crippen molar-refractivity contribution >= 4 is 24.0 Å². The Labute approximate surface area is 293 Å². The number of carbonyl (C=O) groups is 4. The predicted octanol–water partition coefficient (Wildman–Crippen LogP) is 10.3. The van der Waals surface area contributed by atoms with Crippen molar-refractivity contribution < 1.29 is 38.1 Å². The van der Waals surface area contributed by atoms with Crippen LogP contribution in [0, 0.1) is 0 Å². The quantitative estimate of drug-likeness (QED) is 0.0423. The van der Waals surface area contributed by atoms with E-state index in [4.69, 9.17) is 18.9 Å². The summed E-state index contributed by atoms with van der Waals surface area (Å²) >= 11 is 0. The number of ether oxygens (including phenoxy) is 4. The summed E-state index contributed by atoms with van der Waals surface area (Å²) < 4.78 is 21.5. The largest absolute Gasteiger partial charge is 0.462 e. The maximum atomic E-state index is 12.6. The zero-order valence-corrected chi connectivity index (χ0v) is 31.6. The number of alkyl carbamates (subject to hydrolysis) is 1. The van der Waals surface area contributed by atoms with E-state index in [1.807, 2.05) is 0 Å². The van der Waals surface area contributed by atoms with Gasteiger partial charge in [-0.05, 0) is 33.6 Å². The smallest absolute Gasteiger partial charge is 0.407 e. The third kappa shape index (κ3) is 33.6. The fraction of sp³-hybridized carbons (Fsp3) is 0.897. The monoisotopic (exact) mass is 684 g/mol. The van der Waals surface area contributed by atoms with Gasteiger partial charge in [0.15, 0.2) is 6.10 Å². The summed E-state index contributed by atoms with van der Waals surface area (Å²) in [6.45, 7) is 9.40. The average Bonchev–Trinajstić information content (AvgIpc) is 3.02. The molecule has 1 amide bonds. The molecule has 9 heteroatoms. The highest BCUT2D eigenvalue weighted by molar-refractivity contribution is 5.72. The normalized spacial score (nSPS) is 11.9. The summed E-state index contributed by atoms with van der Waals surface area (Å²) in [7, 11) is 0. The van der Waals surface area contributed by atoms with Crippen molar-refractivity contribution in [2.24, 2.45) is 0 Å². The lowest BCUT2D eigenvalue weighted by Gasteiger charge is -2.20. The zero-order valence-electron chi connectivity index (χ0n) is 31.6. The Morgan fingerprint density at radius 3 is 1.25 bits per heavy atom. The number of carbonyl (C=O) groups excluding carboxylic acids is 4. The van der Waals surface area contributed by atoms with E-state index in [1.54, 1.807) is 20.8 Å². The molecule has 0 aromatic heterocycles. The van der Waals surface area contributed by atoms with E-state index >= 15 is 0 Å². The number of amides is 1. The first-order valence-corrected chi connectivity index (χ1v) is 19.5. The number of unbranched alkanes of at least 4 members (excludes halogenated alkanes) is 20. The first kappa shape index (κ1) is 45.7. The van der Waals surface area contributed by atoms with Gasteiger partial charge >= 0.3 is 24.0 Å². The van der Waals surface area contributed by atoms with Crippen LogP contribution in [-0.2, 0) is 33.3 Å². The van der Waals surface area contributed by atoms with E-state index in [0.29, 0.717) is 6.42 Å². The molecule has 282 valence electrons. The number of esters is 3.